The average Bonchev–Trinajstić information content (AvgIpc) is 3.70. The maximum absolute atomic E-state index is 13.4. The summed E-state index contributed by atoms with van der Waals surface area (Å²) in [4.78, 5) is 31.3. The van der Waals surface area contributed by atoms with Gasteiger partial charge in [0.1, 0.15) is 33.6 Å². The van der Waals surface area contributed by atoms with E-state index in [9.17, 15) is 26.4 Å². The van der Waals surface area contributed by atoms with Crippen molar-refractivity contribution in [2.45, 2.75) is 52.7 Å². The summed E-state index contributed by atoms with van der Waals surface area (Å²) in [6.45, 7) is 9.52. The first-order valence-electron chi connectivity index (χ1n) is 24.1. The molecule has 368 valence electrons. The number of piperazine rings is 1. The molecule has 0 radical (unpaired) electrons. The number of nitrogens with zero attached hydrogens (tertiary/aromatic N) is 4. The summed E-state index contributed by atoms with van der Waals surface area (Å²) in [6.07, 6.45) is 2.80. The second kappa shape index (κ2) is 23.1. The zero-order chi connectivity index (χ0) is 49.8. The number of carbonyl (C=O) groups excluding carboxylic acids is 2. The van der Waals surface area contributed by atoms with E-state index in [0.29, 0.717) is 47.7 Å². The van der Waals surface area contributed by atoms with Crippen molar-refractivity contribution >= 4 is 58.7 Å². The number of sulfonamides is 2. The summed E-state index contributed by atoms with van der Waals surface area (Å²) >= 11 is 0. The quantitative estimate of drug-likeness (QED) is 0.0848. The molecule has 15 heteroatoms. The van der Waals surface area contributed by atoms with Gasteiger partial charge in [-0.2, -0.15) is 0 Å². The predicted octanol–water partition coefficient (Wildman–Crippen LogP) is 9.78. The van der Waals surface area contributed by atoms with E-state index in [1.807, 2.05) is 86.6 Å². The van der Waals surface area contributed by atoms with E-state index < -0.39 is 31.9 Å². The standard InChI is InChI=1S/C30H34N4O3S.C26H26N2O4S/c1-2-3-18-34-30(35)28(29(38(34,36)37)25-12-8-5-9-13-25)31-26-14-16-27(17-15-26)33-21-19-32(20-22-33)23-24-10-6-4-7-11-24;1-2-3-18-28-26(29)24(25(33(28,30)31)21-12-8-5-9-13-21)27-22-14-16-23(17-15-22)32-19-20-10-6-4-7-11-20/h4-17,31H,2-3,18-23H2,1H3;4-17,27H,2-3,18-19H2,1H3. The molecule has 6 aromatic carbocycles. The van der Waals surface area contributed by atoms with Crippen LogP contribution in [0.3, 0.4) is 0 Å². The highest BCUT2D eigenvalue weighted by Crippen LogP contribution is 2.38. The lowest BCUT2D eigenvalue weighted by molar-refractivity contribution is -0.122. The highest BCUT2D eigenvalue weighted by atomic mass is 32.2. The van der Waals surface area contributed by atoms with Crippen LogP contribution in [0.1, 0.15) is 61.8 Å². The lowest BCUT2D eigenvalue weighted by atomic mass is 10.1. The summed E-state index contributed by atoms with van der Waals surface area (Å²) in [6, 6.07) is 53.0. The summed E-state index contributed by atoms with van der Waals surface area (Å²) in [5.74, 6) is -0.362. The zero-order valence-corrected chi connectivity index (χ0v) is 41.7. The van der Waals surface area contributed by atoms with Crippen LogP contribution in [0.25, 0.3) is 9.81 Å². The molecule has 0 unspecified atom stereocenters. The highest BCUT2D eigenvalue weighted by molar-refractivity contribution is 8.00. The van der Waals surface area contributed by atoms with Gasteiger partial charge in [0.15, 0.2) is 0 Å². The van der Waals surface area contributed by atoms with Crippen LogP contribution in [0.5, 0.6) is 5.75 Å². The van der Waals surface area contributed by atoms with Gasteiger partial charge in [-0.15, -0.1) is 0 Å². The van der Waals surface area contributed by atoms with Crippen molar-refractivity contribution < 1.29 is 31.2 Å². The average molecular weight is 993 g/mol. The third kappa shape index (κ3) is 11.9. The Kier molecular flexibility index (Phi) is 16.4. The van der Waals surface area contributed by atoms with Crippen LogP contribution in [0.4, 0.5) is 17.1 Å². The maximum Gasteiger partial charge on any atom is 0.285 e. The second-order valence-electron chi connectivity index (χ2n) is 17.5. The monoisotopic (exact) mass is 992 g/mol. The molecule has 71 heavy (non-hydrogen) atoms. The summed E-state index contributed by atoms with van der Waals surface area (Å²) in [7, 11) is -7.88. The van der Waals surface area contributed by atoms with E-state index in [0.717, 1.165) is 65.4 Å². The molecular formula is C56H60N6O7S2. The van der Waals surface area contributed by atoms with Crippen molar-refractivity contribution in [3.8, 4) is 5.75 Å². The molecule has 3 heterocycles. The molecule has 0 bridgehead atoms. The molecule has 9 rings (SSSR count). The summed E-state index contributed by atoms with van der Waals surface area (Å²) in [5, 5.41) is 6.20. The third-order valence-corrected chi connectivity index (χ3v) is 16.2. The molecule has 0 aliphatic carbocycles. The lowest BCUT2D eigenvalue weighted by Gasteiger charge is -2.36. The minimum absolute atomic E-state index is 0.00797. The van der Waals surface area contributed by atoms with Gasteiger partial charge in [-0.1, -0.05) is 148 Å². The topological polar surface area (TPSA) is 149 Å². The molecule has 0 saturated carbocycles. The molecule has 0 atom stereocenters. The van der Waals surface area contributed by atoms with Gasteiger partial charge in [-0.05, 0) is 83.6 Å². The fourth-order valence-electron chi connectivity index (χ4n) is 8.60. The Labute approximate surface area is 418 Å². The first kappa shape index (κ1) is 50.2. The maximum atomic E-state index is 13.4. The minimum Gasteiger partial charge on any atom is -0.489 e. The number of unbranched alkanes of at least 4 members (excludes halogenated alkanes) is 2. The van der Waals surface area contributed by atoms with Gasteiger partial charge in [-0.25, -0.2) is 25.4 Å². The first-order chi connectivity index (χ1) is 34.5. The van der Waals surface area contributed by atoms with E-state index in [4.69, 9.17) is 4.74 Å². The second-order valence-corrected chi connectivity index (χ2v) is 21.1. The molecule has 6 aromatic rings. The lowest BCUT2D eigenvalue weighted by Crippen LogP contribution is -2.45. The van der Waals surface area contributed by atoms with Gasteiger partial charge < -0.3 is 20.3 Å². The minimum atomic E-state index is -3.94. The smallest absolute Gasteiger partial charge is 0.285 e. The normalized spacial score (nSPS) is 16.5. The van der Waals surface area contributed by atoms with Crippen molar-refractivity contribution in [2.24, 2.45) is 0 Å². The van der Waals surface area contributed by atoms with E-state index in [-0.39, 0.29) is 34.3 Å². The van der Waals surface area contributed by atoms with Crippen molar-refractivity contribution in [3.63, 3.8) is 0 Å². The molecule has 3 aliphatic heterocycles. The highest BCUT2D eigenvalue weighted by Gasteiger charge is 2.45. The molecule has 3 aliphatic rings. The number of hydrogen-bond donors (Lipinski definition) is 2. The largest absolute Gasteiger partial charge is 0.489 e. The number of hydrogen-bond acceptors (Lipinski definition) is 11. The number of carbonyl (C=O) groups is 2. The van der Waals surface area contributed by atoms with Crippen LogP contribution in [0.15, 0.2) is 181 Å². The van der Waals surface area contributed by atoms with Crippen LogP contribution in [-0.2, 0) is 42.8 Å². The van der Waals surface area contributed by atoms with Gasteiger partial charge in [-0.3, -0.25) is 14.5 Å². The number of rotatable bonds is 18. The summed E-state index contributed by atoms with van der Waals surface area (Å²) in [5.41, 5.74) is 5.95. The fraction of sp³-hybridized carbons (Fsp3) is 0.250. The third-order valence-electron chi connectivity index (χ3n) is 12.4. The number of benzene rings is 6. The Balaban J connectivity index is 0.000000192. The SMILES string of the molecule is CCCCN1C(=O)C(Nc2ccc(N3CCN(Cc4ccccc4)CC3)cc2)=C(c2ccccc2)S1(=O)=O.CCCCN1C(=O)C(Nc2ccc(OCc3ccccc3)cc2)=C(c2ccccc2)S1(=O)=O. The van der Waals surface area contributed by atoms with Crippen molar-refractivity contribution in [2.75, 3.05) is 54.8 Å². The molecule has 0 aromatic heterocycles. The van der Waals surface area contributed by atoms with Gasteiger partial charge in [0, 0.05) is 62.9 Å². The van der Waals surface area contributed by atoms with E-state index in [2.05, 4.69) is 44.7 Å². The first-order valence-corrected chi connectivity index (χ1v) is 27.0. The van der Waals surface area contributed by atoms with E-state index in [1.165, 1.54) is 5.56 Å². The van der Waals surface area contributed by atoms with Gasteiger partial charge in [0.2, 0.25) is 0 Å². The number of ether oxygens (including phenoxy) is 1. The molecule has 0 spiro atoms. The number of nitrogens with one attached hydrogen (secondary N) is 2. The van der Waals surface area contributed by atoms with Crippen LogP contribution in [0, 0.1) is 0 Å². The van der Waals surface area contributed by atoms with Crippen molar-refractivity contribution in [3.05, 3.63) is 204 Å². The molecule has 2 amide bonds. The number of amides is 2. The molecule has 13 nitrogen and oxygen atoms in total. The fourth-order valence-corrected chi connectivity index (χ4v) is 12.1. The van der Waals surface area contributed by atoms with E-state index in [1.54, 1.807) is 72.8 Å². The molecular weight excluding hydrogens is 933 g/mol. The molecule has 1 fully saturated rings. The van der Waals surface area contributed by atoms with Crippen LogP contribution in [0.2, 0.25) is 0 Å². The zero-order valence-electron chi connectivity index (χ0n) is 40.1. The van der Waals surface area contributed by atoms with Gasteiger partial charge in [0.25, 0.3) is 31.9 Å². The Bertz CT molecular complexity index is 3040. The molecule has 1 saturated heterocycles. The Hall–Kier alpha value is -7.20. The summed E-state index contributed by atoms with van der Waals surface area (Å²) < 4.78 is 61.1. The van der Waals surface area contributed by atoms with Crippen LogP contribution in [-0.4, -0.2) is 81.4 Å². The van der Waals surface area contributed by atoms with Crippen molar-refractivity contribution in [1.82, 2.24) is 13.5 Å². The van der Waals surface area contributed by atoms with Crippen LogP contribution >= 0.6 is 0 Å². The van der Waals surface area contributed by atoms with E-state index >= 15 is 0 Å². The Morgan fingerprint density at radius 1 is 0.493 bits per heavy atom. The number of anilines is 3. The van der Waals surface area contributed by atoms with Gasteiger partial charge in [0.05, 0.1) is 0 Å². The predicted molar refractivity (Wildman–Crippen MR) is 283 cm³/mol. The molecule has 2 N–H and O–H groups in total. The Morgan fingerprint density at radius 2 is 0.901 bits per heavy atom. The Morgan fingerprint density at radius 3 is 1.34 bits per heavy atom. The van der Waals surface area contributed by atoms with Crippen LogP contribution < -0.4 is 20.3 Å². The van der Waals surface area contributed by atoms with Crippen molar-refractivity contribution in [1.29, 1.82) is 0 Å². The van der Waals surface area contributed by atoms with Gasteiger partial charge >= 0.3 is 0 Å².